The number of alkyl halides is 3. The number of benzene rings is 1. The van der Waals surface area contributed by atoms with Crippen LogP contribution in [0, 0.1) is 5.82 Å². The zero-order valence-corrected chi connectivity index (χ0v) is 22.5. The van der Waals surface area contributed by atoms with Crippen LogP contribution in [0.15, 0.2) is 46.2 Å². The third kappa shape index (κ3) is 7.70. The van der Waals surface area contributed by atoms with E-state index < -0.39 is 42.2 Å². The van der Waals surface area contributed by atoms with Crippen molar-refractivity contribution in [1.29, 1.82) is 0 Å². The minimum absolute atomic E-state index is 0.155. The van der Waals surface area contributed by atoms with Gasteiger partial charge in [0.1, 0.15) is 29.4 Å². The van der Waals surface area contributed by atoms with E-state index in [0.717, 1.165) is 6.07 Å². The molecule has 0 spiro atoms. The molecule has 0 aliphatic carbocycles. The Balaban J connectivity index is 1.48. The molecule has 2 aromatic heterocycles. The number of nitrogens with one attached hydrogen (secondary N) is 1. The van der Waals surface area contributed by atoms with E-state index in [-0.39, 0.29) is 35.1 Å². The van der Waals surface area contributed by atoms with Gasteiger partial charge in [-0.15, -0.1) is 0 Å². The van der Waals surface area contributed by atoms with Crippen molar-refractivity contribution < 1.29 is 50.9 Å². The number of halogens is 4. The summed E-state index contributed by atoms with van der Waals surface area (Å²) >= 11 is 0. The summed E-state index contributed by atoms with van der Waals surface area (Å²) < 4.78 is 82.6. The number of carbonyl (C=O) groups is 1. The Morgan fingerprint density at radius 3 is 2.57 bits per heavy atom. The lowest BCUT2D eigenvalue weighted by Crippen LogP contribution is -2.48. The van der Waals surface area contributed by atoms with Crippen LogP contribution in [0.4, 0.5) is 22.4 Å². The molecular weight excluding hydrogens is 570 g/mol. The molecule has 1 aromatic carbocycles. The van der Waals surface area contributed by atoms with E-state index in [1.54, 1.807) is 5.32 Å². The molecule has 2 N–H and O–H groups in total. The van der Waals surface area contributed by atoms with Gasteiger partial charge in [0.15, 0.2) is 11.8 Å². The van der Waals surface area contributed by atoms with Crippen LogP contribution in [0.2, 0.25) is 0 Å². The third-order valence-electron chi connectivity index (χ3n) is 6.04. The molecule has 226 valence electrons. The third-order valence-corrected chi connectivity index (χ3v) is 6.04. The second-order valence-electron chi connectivity index (χ2n) is 9.13. The predicted molar refractivity (Wildman–Crippen MR) is 137 cm³/mol. The Bertz CT molecular complexity index is 1400. The van der Waals surface area contributed by atoms with Crippen molar-refractivity contribution in [3.8, 4) is 28.6 Å². The zero-order valence-electron chi connectivity index (χ0n) is 22.5. The highest BCUT2D eigenvalue weighted by Gasteiger charge is 2.50. The first-order valence-electron chi connectivity index (χ1n) is 12.7. The number of hydrogen-bond acceptors (Lipinski definition) is 10. The lowest BCUT2D eigenvalue weighted by molar-refractivity contribution is -0.164. The van der Waals surface area contributed by atoms with Crippen LogP contribution >= 0.6 is 0 Å². The molecule has 0 saturated carbocycles. The van der Waals surface area contributed by atoms with Crippen molar-refractivity contribution in [3.05, 3.63) is 48.0 Å². The number of aromatic nitrogens is 3. The maximum atomic E-state index is 15.0. The van der Waals surface area contributed by atoms with Gasteiger partial charge in [-0.05, 0) is 32.0 Å². The lowest BCUT2D eigenvalue weighted by Gasteiger charge is -2.38. The number of amidine groups is 1. The second-order valence-corrected chi connectivity index (χ2v) is 9.13. The zero-order chi connectivity index (χ0) is 30.3. The molecular formula is C26H27F4N5O7. The maximum Gasteiger partial charge on any atom is 0.412 e. The SMILES string of the molecule is CCOCCOCCOc1cnc(-c2cc(-c3ccc(F)c([C@]4(C)C[C@@H](C(F)(F)F)N=C(NC(=O)O)O4)c3)on2)cn1. The van der Waals surface area contributed by atoms with Gasteiger partial charge in [0, 0.05) is 30.2 Å². The van der Waals surface area contributed by atoms with Gasteiger partial charge in [-0.1, -0.05) is 5.16 Å². The summed E-state index contributed by atoms with van der Waals surface area (Å²) in [4.78, 5) is 22.8. The molecule has 0 saturated heterocycles. The molecule has 1 aliphatic heterocycles. The van der Waals surface area contributed by atoms with Gasteiger partial charge >= 0.3 is 12.3 Å². The van der Waals surface area contributed by atoms with Crippen molar-refractivity contribution >= 4 is 12.1 Å². The maximum absolute atomic E-state index is 15.0. The number of ether oxygens (including phenoxy) is 4. The molecule has 42 heavy (non-hydrogen) atoms. The molecule has 1 amide bonds. The van der Waals surface area contributed by atoms with Crippen molar-refractivity contribution in [3.63, 3.8) is 0 Å². The topological polar surface area (TPSA) is 150 Å². The second kappa shape index (κ2) is 13.1. The van der Waals surface area contributed by atoms with E-state index in [4.69, 9.17) is 28.6 Å². The first kappa shape index (κ1) is 30.6. The van der Waals surface area contributed by atoms with E-state index >= 15 is 0 Å². The Labute approximate surface area is 236 Å². The molecule has 0 fully saturated rings. The van der Waals surface area contributed by atoms with Gasteiger partial charge in [0.25, 0.3) is 6.02 Å². The van der Waals surface area contributed by atoms with Crippen molar-refractivity contribution in [2.75, 3.05) is 33.0 Å². The predicted octanol–water partition coefficient (Wildman–Crippen LogP) is 4.56. The van der Waals surface area contributed by atoms with Crippen LogP contribution in [0.1, 0.15) is 25.8 Å². The minimum atomic E-state index is -4.83. The van der Waals surface area contributed by atoms with E-state index in [0.29, 0.717) is 32.1 Å². The van der Waals surface area contributed by atoms with Crippen LogP contribution in [-0.4, -0.2) is 77.6 Å². The molecule has 0 bridgehead atoms. The van der Waals surface area contributed by atoms with E-state index in [2.05, 4.69) is 20.1 Å². The van der Waals surface area contributed by atoms with Crippen LogP contribution < -0.4 is 10.1 Å². The molecule has 0 unspecified atom stereocenters. The van der Waals surface area contributed by atoms with Gasteiger partial charge in [0.2, 0.25) is 5.88 Å². The fourth-order valence-corrected chi connectivity index (χ4v) is 4.05. The average Bonchev–Trinajstić information content (AvgIpc) is 3.42. The summed E-state index contributed by atoms with van der Waals surface area (Å²) in [5.41, 5.74) is -1.31. The van der Waals surface area contributed by atoms with E-state index in [1.807, 2.05) is 6.92 Å². The lowest BCUT2D eigenvalue weighted by atomic mass is 9.86. The Morgan fingerprint density at radius 2 is 1.88 bits per heavy atom. The number of hydrogen-bond donors (Lipinski definition) is 2. The summed E-state index contributed by atoms with van der Waals surface area (Å²) in [6.07, 6.45) is -4.51. The van der Waals surface area contributed by atoms with Crippen LogP contribution in [-0.2, 0) is 19.8 Å². The van der Waals surface area contributed by atoms with Gasteiger partial charge in [-0.25, -0.2) is 29.5 Å². The van der Waals surface area contributed by atoms with Crippen LogP contribution in [0.25, 0.3) is 22.7 Å². The summed E-state index contributed by atoms with van der Waals surface area (Å²) in [7, 11) is 0. The molecule has 16 heteroatoms. The Kier molecular flexibility index (Phi) is 9.57. The first-order chi connectivity index (χ1) is 20.0. The fraction of sp³-hybridized carbons (Fsp3) is 0.423. The summed E-state index contributed by atoms with van der Waals surface area (Å²) in [6.45, 7) is 5.26. The summed E-state index contributed by atoms with van der Waals surface area (Å²) in [6, 6.07) is 1.89. The van der Waals surface area contributed by atoms with Crippen LogP contribution in [0.3, 0.4) is 0 Å². The van der Waals surface area contributed by atoms with Gasteiger partial charge < -0.3 is 28.6 Å². The van der Waals surface area contributed by atoms with Gasteiger partial charge in [-0.2, -0.15) is 13.2 Å². The standard InChI is InChI=1S/C26H27F4N5O7/c1-3-38-6-7-39-8-9-40-22-14-31-19(13-32-22)18-11-20(42-35-18)15-4-5-17(27)16(10-15)25(2)12-21(26(28,29)30)33-23(41-25)34-24(36)37/h4-5,10-11,13-14,21H,3,6-9,12H2,1-2H3,(H,33,34)(H,36,37)/t21-,25-/m0/s1. The summed E-state index contributed by atoms with van der Waals surface area (Å²) in [5.74, 6) is -0.459. The van der Waals surface area contributed by atoms with Gasteiger partial charge in [-0.3, -0.25) is 0 Å². The number of amides is 1. The van der Waals surface area contributed by atoms with Gasteiger partial charge in [0.05, 0.1) is 32.2 Å². The highest BCUT2D eigenvalue weighted by atomic mass is 19.4. The average molecular weight is 598 g/mol. The fourth-order valence-electron chi connectivity index (χ4n) is 4.05. The van der Waals surface area contributed by atoms with E-state index in [9.17, 15) is 22.4 Å². The monoisotopic (exact) mass is 597 g/mol. The Hall–Kier alpha value is -4.31. The van der Waals surface area contributed by atoms with E-state index in [1.165, 1.54) is 37.5 Å². The highest BCUT2D eigenvalue weighted by Crippen LogP contribution is 2.42. The molecule has 4 rings (SSSR count). The summed E-state index contributed by atoms with van der Waals surface area (Å²) in [5, 5.41) is 14.6. The molecule has 12 nitrogen and oxygen atoms in total. The quantitative estimate of drug-likeness (QED) is 0.238. The molecule has 0 radical (unpaired) electrons. The first-order valence-corrected chi connectivity index (χ1v) is 12.7. The van der Waals surface area contributed by atoms with Crippen molar-refractivity contribution in [2.24, 2.45) is 4.99 Å². The molecule has 3 aromatic rings. The highest BCUT2D eigenvalue weighted by molar-refractivity contribution is 5.90. The number of aliphatic imine (C=N–C) groups is 1. The smallest absolute Gasteiger partial charge is 0.412 e. The largest absolute Gasteiger partial charge is 0.474 e. The van der Waals surface area contributed by atoms with Crippen molar-refractivity contribution in [2.45, 2.75) is 38.1 Å². The number of nitrogens with zero attached hydrogens (tertiary/aromatic N) is 4. The molecule has 2 atom stereocenters. The molecule has 3 heterocycles. The van der Waals surface area contributed by atoms with Crippen molar-refractivity contribution in [1.82, 2.24) is 20.4 Å². The Morgan fingerprint density at radius 1 is 1.12 bits per heavy atom. The number of carboxylic acid groups (broad SMARTS) is 1. The minimum Gasteiger partial charge on any atom is -0.474 e. The number of rotatable bonds is 11. The molecule has 1 aliphatic rings. The van der Waals surface area contributed by atoms with Crippen LogP contribution in [0.5, 0.6) is 5.88 Å². The normalized spacial score (nSPS) is 18.7.